The zero-order valence-corrected chi connectivity index (χ0v) is 15.0. The number of fused-ring (bicyclic) bond motifs is 1. The highest BCUT2D eigenvalue weighted by molar-refractivity contribution is 7.08. The fourth-order valence-corrected chi connectivity index (χ4v) is 3.70. The maximum Gasteiger partial charge on any atom is 0.225 e. The van der Waals surface area contributed by atoms with Crippen LogP contribution in [0, 0.1) is 0 Å². The van der Waals surface area contributed by atoms with E-state index in [4.69, 9.17) is 4.98 Å². The van der Waals surface area contributed by atoms with E-state index in [0.717, 1.165) is 28.0 Å². The van der Waals surface area contributed by atoms with Crippen molar-refractivity contribution in [1.82, 2.24) is 15.3 Å². The Balaban J connectivity index is 1.59. The summed E-state index contributed by atoms with van der Waals surface area (Å²) in [6, 6.07) is 19.9. The minimum atomic E-state index is -0.198. The molecule has 0 spiro atoms. The highest BCUT2D eigenvalue weighted by Gasteiger charge is 2.19. The molecule has 26 heavy (non-hydrogen) atoms. The van der Waals surface area contributed by atoms with Gasteiger partial charge in [-0.25, -0.2) is 4.98 Å². The third kappa shape index (κ3) is 3.83. The minimum Gasteiger partial charge on any atom is -0.346 e. The van der Waals surface area contributed by atoms with Gasteiger partial charge < -0.3 is 10.3 Å². The van der Waals surface area contributed by atoms with Crippen LogP contribution in [0.5, 0.6) is 0 Å². The predicted octanol–water partition coefficient (Wildman–Crippen LogP) is 4.27. The van der Waals surface area contributed by atoms with Gasteiger partial charge in [0.05, 0.1) is 23.5 Å². The van der Waals surface area contributed by atoms with Crippen LogP contribution in [0.15, 0.2) is 71.4 Å². The van der Waals surface area contributed by atoms with Gasteiger partial charge in [0.1, 0.15) is 5.82 Å². The van der Waals surface area contributed by atoms with Crippen LogP contribution in [-0.4, -0.2) is 15.9 Å². The number of aromatic nitrogens is 2. The second-order valence-electron chi connectivity index (χ2n) is 6.26. The molecule has 2 N–H and O–H groups in total. The van der Waals surface area contributed by atoms with E-state index in [1.54, 1.807) is 11.3 Å². The van der Waals surface area contributed by atoms with E-state index >= 15 is 0 Å². The first-order valence-electron chi connectivity index (χ1n) is 8.57. The number of rotatable bonds is 6. The molecule has 0 aliphatic heterocycles. The van der Waals surface area contributed by atoms with Crippen molar-refractivity contribution >= 4 is 28.3 Å². The zero-order chi connectivity index (χ0) is 17.8. The fraction of sp³-hybridized carbons (Fsp3) is 0.143. The molecule has 1 atom stereocenters. The van der Waals surface area contributed by atoms with Crippen molar-refractivity contribution in [2.75, 3.05) is 0 Å². The quantitative estimate of drug-likeness (QED) is 0.539. The molecule has 1 amide bonds. The monoisotopic (exact) mass is 361 g/mol. The lowest BCUT2D eigenvalue weighted by Gasteiger charge is -2.17. The smallest absolute Gasteiger partial charge is 0.225 e. The van der Waals surface area contributed by atoms with Gasteiger partial charge in [0, 0.05) is 0 Å². The van der Waals surface area contributed by atoms with Crippen molar-refractivity contribution in [3.8, 4) is 0 Å². The largest absolute Gasteiger partial charge is 0.346 e. The van der Waals surface area contributed by atoms with Crippen LogP contribution in [0.2, 0.25) is 0 Å². The molecular formula is C21H19N3OS. The molecule has 0 aliphatic carbocycles. The first kappa shape index (κ1) is 16.5. The van der Waals surface area contributed by atoms with E-state index in [9.17, 15) is 4.79 Å². The number of hydrogen-bond donors (Lipinski definition) is 2. The topological polar surface area (TPSA) is 57.8 Å². The summed E-state index contributed by atoms with van der Waals surface area (Å²) in [5, 5.41) is 7.15. The van der Waals surface area contributed by atoms with Gasteiger partial charge in [0.25, 0.3) is 0 Å². The van der Waals surface area contributed by atoms with Crippen LogP contribution in [0.25, 0.3) is 11.0 Å². The van der Waals surface area contributed by atoms with E-state index in [1.807, 2.05) is 59.3 Å². The van der Waals surface area contributed by atoms with Crippen LogP contribution < -0.4 is 5.32 Å². The molecule has 130 valence electrons. The molecule has 4 nitrogen and oxygen atoms in total. The van der Waals surface area contributed by atoms with Crippen LogP contribution in [-0.2, 0) is 17.6 Å². The second kappa shape index (κ2) is 7.54. The Morgan fingerprint density at radius 3 is 2.62 bits per heavy atom. The van der Waals surface area contributed by atoms with Crippen molar-refractivity contribution in [3.05, 3.63) is 88.4 Å². The molecule has 2 aromatic carbocycles. The normalized spacial score (nSPS) is 12.2. The van der Waals surface area contributed by atoms with Crippen molar-refractivity contribution in [2.24, 2.45) is 0 Å². The van der Waals surface area contributed by atoms with Gasteiger partial charge in [-0.15, -0.1) is 0 Å². The standard InChI is InChI=1S/C21H19N3OS/c25-20(13-16-10-11-26-14-16)22-19(12-15-6-2-1-3-7-15)21-23-17-8-4-5-9-18(17)24-21/h1-11,14,19H,12-13H2,(H,22,25)(H,23,24). The molecule has 0 radical (unpaired) electrons. The molecule has 2 aromatic heterocycles. The molecule has 4 aromatic rings. The molecule has 0 bridgehead atoms. The van der Waals surface area contributed by atoms with Crippen LogP contribution >= 0.6 is 11.3 Å². The molecule has 4 rings (SSSR count). The summed E-state index contributed by atoms with van der Waals surface area (Å²) in [5.41, 5.74) is 4.09. The predicted molar refractivity (Wildman–Crippen MR) is 105 cm³/mol. The van der Waals surface area contributed by atoms with Crippen molar-refractivity contribution < 1.29 is 4.79 Å². The number of para-hydroxylation sites is 2. The Bertz CT molecular complexity index is 959. The lowest BCUT2D eigenvalue weighted by atomic mass is 10.0. The highest BCUT2D eigenvalue weighted by Crippen LogP contribution is 2.20. The molecule has 5 heteroatoms. The Morgan fingerprint density at radius 2 is 1.85 bits per heavy atom. The Kier molecular flexibility index (Phi) is 4.80. The Morgan fingerprint density at radius 1 is 1.04 bits per heavy atom. The average molecular weight is 361 g/mol. The first-order valence-corrected chi connectivity index (χ1v) is 9.51. The van der Waals surface area contributed by atoms with Crippen molar-refractivity contribution in [1.29, 1.82) is 0 Å². The molecule has 0 saturated heterocycles. The SMILES string of the molecule is O=C(Cc1ccsc1)NC(Cc1ccccc1)c1nc2ccccc2[nH]1. The number of imidazole rings is 1. The molecule has 0 fully saturated rings. The number of nitrogens with one attached hydrogen (secondary N) is 2. The third-order valence-electron chi connectivity index (χ3n) is 4.30. The number of hydrogen-bond acceptors (Lipinski definition) is 3. The highest BCUT2D eigenvalue weighted by atomic mass is 32.1. The Labute approximate surface area is 155 Å². The minimum absolute atomic E-state index is 0.00443. The summed E-state index contributed by atoms with van der Waals surface area (Å²) < 4.78 is 0. The number of carbonyl (C=O) groups is 1. The zero-order valence-electron chi connectivity index (χ0n) is 14.2. The van der Waals surface area contributed by atoms with E-state index in [2.05, 4.69) is 22.4 Å². The van der Waals surface area contributed by atoms with E-state index in [0.29, 0.717) is 12.8 Å². The third-order valence-corrected chi connectivity index (χ3v) is 5.03. The molecule has 1 unspecified atom stereocenters. The van der Waals surface area contributed by atoms with Gasteiger partial charge in [0.15, 0.2) is 0 Å². The fourth-order valence-electron chi connectivity index (χ4n) is 3.03. The van der Waals surface area contributed by atoms with Crippen molar-refractivity contribution in [2.45, 2.75) is 18.9 Å². The lowest BCUT2D eigenvalue weighted by molar-refractivity contribution is -0.121. The van der Waals surface area contributed by atoms with E-state index in [-0.39, 0.29) is 11.9 Å². The summed E-state index contributed by atoms with van der Waals surface area (Å²) in [6.07, 6.45) is 1.07. The molecular weight excluding hydrogens is 342 g/mol. The average Bonchev–Trinajstić information content (AvgIpc) is 3.31. The summed E-state index contributed by atoms with van der Waals surface area (Å²) in [7, 11) is 0. The Hall–Kier alpha value is -2.92. The number of nitrogens with zero attached hydrogens (tertiary/aromatic N) is 1. The molecule has 0 saturated carbocycles. The van der Waals surface area contributed by atoms with Crippen LogP contribution in [0.4, 0.5) is 0 Å². The number of H-pyrrole nitrogens is 1. The summed E-state index contributed by atoms with van der Waals surface area (Å²) in [5.74, 6) is 0.790. The second-order valence-corrected chi connectivity index (χ2v) is 7.04. The van der Waals surface area contributed by atoms with Crippen LogP contribution in [0.3, 0.4) is 0 Å². The molecule has 0 aliphatic rings. The number of thiophene rings is 1. The van der Waals surface area contributed by atoms with Crippen molar-refractivity contribution in [3.63, 3.8) is 0 Å². The number of amides is 1. The summed E-state index contributed by atoms with van der Waals surface area (Å²) in [6.45, 7) is 0. The van der Waals surface area contributed by atoms with E-state index < -0.39 is 0 Å². The van der Waals surface area contributed by atoms with Gasteiger partial charge in [-0.05, 0) is 46.5 Å². The maximum atomic E-state index is 12.6. The van der Waals surface area contributed by atoms with Gasteiger partial charge in [-0.2, -0.15) is 11.3 Å². The first-order chi connectivity index (χ1) is 12.8. The molecule has 2 heterocycles. The summed E-state index contributed by atoms with van der Waals surface area (Å²) >= 11 is 1.60. The van der Waals surface area contributed by atoms with Gasteiger partial charge in [0.2, 0.25) is 5.91 Å². The number of carbonyl (C=O) groups excluding carboxylic acids is 1. The van der Waals surface area contributed by atoms with Gasteiger partial charge >= 0.3 is 0 Å². The number of benzene rings is 2. The number of aromatic amines is 1. The lowest BCUT2D eigenvalue weighted by Crippen LogP contribution is -2.31. The van der Waals surface area contributed by atoms with E-state index in [1.165, 1.54) is 0 Å². The van der Waals surface area contributed by atoms with Gasteiger partial charge in [-0.1, -0.05) is 42.5 Å². The maximum absolute atomic E-state index is 12.6. The van der Waals surface area contributed by atoms with Crippen LogP contribution in [0.1, 0.15) is 23.0 Å². The summed E-state index contributed by atoms with van der Waals surface area (Å²) in [4.78, 5) is 20.6. The van der Waals surface area contributed by atoms with Gasteiger partial charge in [-0.3, -0.25) is 4.79 Å².